The van der Waals surface area contributed by atoms with Gasteiger partial charge in [0.05, 0.1) is 46.9 Å². The molecule has 2 aromatic carbocycles. The maximum absolute atomic E-state index is 12.6. The summed E-state index contributed by atoms with van der Waals surface area (Å²) in [6.45, 7) is 10.7. The summed E-state index contributed by atoms with van der Waals surface area (Å²) < 4.78 is 5.88. The summed E-state index contributed by atoms with van der Waals surface area (Å²) in [4.78, 5) is 35.3. The second-order valence-electron chi connectivity index (χ2n) is 13.2. The minimum absolute atomic E-state index is 0.0183. The number of methoxy groups -OCH3 is 1. The minimum atomic E-state index is -0.276. The van der Waals surface area contributed by atoms with E-state index in [1.54, 1.807) is 13.2 Å². The number of carbonyl (C=O) groups excluding carboxylic acids is 1. The van der Waals surface area contributed by atoms with E-state index in [1.165, 1.54) is 38.3 Å². The van der Waals surface area contributed by atoms with Crippen molar-refractivity contribution in [3.63, 3.8) is 0 Å². The lowest BCUT2D eigenvalue weighted by Gasteiger charge is -2.43. The van der Waals surface area contributed by atoms with Crippen molar-refractivity contribution in [1.29, 1.82) is 0 Å². The molecule has 2 N–H and O–H groups in total. The van der Waals surface area contributed by atoms with Gasteiger partial charge in [0.15, 0.2) is 5.82 Å². The molecule has 0 radical (unpaired) electrons. The normalized spacial score (nSPS) is 20.8. The third-order valence-corrected chi connectivity index (χ3v) is 11.0. The Kier molecular flexibility index (Phi) is 10.4. The Morgan fingerprint density at radius 1 is 0.980 bits per heavy atom. The zero-order valence-corrected chi connectivity index (χ0v) is 29.4. The molecule has 0 bridgehead atoms. The van der Waals surface area contributed by atoms with Crippen LogP contribution >= 0.6 is 23.2 Å². The van der Waals surface area contributed by atoms with E-state index in [0.29, 0.717) is 57.9 Å². The maximum Gasteiger partial charge on any atom is 0.247 e. The summed E-state index contributed by atoms with van der Waals surface area (Å²) in [6, 6.07) is 12.8. The molecule has 1 saturated carbocycles. The number of nitrogens with one attached hydrogen (secondary N) is 2. The van der Waals surface area contributed by atoms with Crippen LogP contribution in [0.4, 0.5) is 28.7 Å². The maximum atomic E-state index is 12.6. The number of piperazine rings is 1. The van der Waals surface area contributed by atoms with Crippen LogP contribution in [0.5, 0.6) is 5.75 Å². The van der Waals surface area contributed by atoms with Crippen LogP contribution in [0, 0.1) is 0 Å². The van der Waals surface area contributed by atoms with E-state index < -0.39 is 0 Å². The van der Waals surface area contributed by atoms with Crippen LogP contribution in [0.3, 0.4) is 0 Å². The molecule has 1 aliphatic carbocycles. The molecule has 49 heavy (non-hydrogen) atoms. The Hall–Kier alpha value is -3.61. The third-order valence-electron chi connectivity index (χ3n) is 10.1. The van der Waals surface area contributed by atoms with Gasteiger partial charge in [-0.15, -0.1) is 0 Å². The van der Waals surface area contributed by atoms with E-state index in [9.17, 15) is 4.79 Å². The van der Waals surface area contributed by atoms with Crippen LogP contribution in [0.25, 0.3) is 0 Å². The molecule has 3 aliphatic heterocycles. The third kappa shape index (κ3) is 7.76. The van der Waals surface area contributed by atoms with Gasteiger partial charge in [0.1, 0.15) is 17.9 Å². The molecular weight excluding hydrogens is 663 g/mol. The summed E-state index contributed by atoms with van der Waals surface area (Å²) in [5, 5.41) is 9.33. The van der Waals surface area contributed by atoms with E-state index >= 15 is 0 Å². The Balaban J connectivity index is 1.07. The predicted octanol–water partition coefficient (Wildman–Crippen LogP) is 6.16. The number of ether oxygens (including phenoxy) is 1. The van der Waals surface area contributed by atoms with Crippen LogP contribution in [0.15, 0.2) is 55.4 Å². The lowest BCUT2D eigenvalue weighted by atomic mass is 10.0. The zero-order valence-electron chi connectivity index (χ0n) is 27.9. The summed E-state index contributed by atoms with van der Waals surface area (Å²) in [6.07, 6.45) is 9.15. The molecule has 4 aliphatic rings. The number of hydroxylamine groups is 1. The number of rotatable bonds is 11. The molecule has 0 spiro atoms. The number of nitrogens with zero attached hydrogens (tertiary/aromatic N) is 6. The Bertz CT molecular complexity index is 1660. The van der Waals surface area contributed by atoms with Crippen molar-refractivity contribution in [2.24, 2.45) is 0 Å². The van der Waals surface area contributed by atoms with Gasteiger partial charge < -0.3 is 20.3 Å². The predicted molar refractivity (Wildman–Crippen MR) is 196 cm³/mol. The Labute approximate surface area is 298 Å². The van der Waals surface area contributed by atoms with Gasteiger partial charge in [-0.3, -0.25) is 19.4 Å². The standard InChI is InChI=1S/C36H44Cl2N8O3/c1-3-35(47)42-29-20-30(32(48-2)21-31(29)45-12-9-26(10-13-45)44-16-14-43(15-17-44)25-7-8-25)41-33-22-34(40-23-39-33)46-27(11-18-49-46)19-24-5-4-6-28(37)36(24)38/h3-6,20-23,25-27H,1,7-19H2,2H3,(H,42,47)(H,39,40,41)/t27-/m1/s1. The first-order valence-electron chi connectivity index (χ1n) is 17.2. The Morgan fingerprint density at radius 3 is 2.41 bits per heavy atom. The SMILES string of the molecule is C=CC(=O)Nc1cc(Nc2cc(N3OCC[C@@H]3Cc3cccc(Cl)c3Cl)ncn2)c(OC)cc1N1CCC(N2CCN(C3CC3)CC2)CC1. The molecule has 1 aromatic heterocycles. The molecule has 1 atom stereocenters. The van der Waals surface area contributed by atoms with Gasteiger partial charge in [0.2, 0.25) is 5.91 Å². The van der Waals surface area contributed by atoms with Crippen molar-refractivity contribution in [1.82, 2.24) is 19.8 Å². The number of piperidine rings is 1. The van der Waals surface area contributed by atoms with E-state index in [4.69, 9.17) is 32.8 Å². The van der Waals surface area contributed by atoms with E-state index in [0.717, 1.165) is 62.7 Å². The van der Waals surface area contributed by atoms with Gasteiger partial charge >= 0.3 is 0 Å². The number of amides is 1. The average molecular weight is 708 g/mol. The van der Waals surface area contributed by atoms with Crippen LogP contribution in [-0.2, 0) is 16.1 Å². The van der Waals surface area contributed by atoms with Crippen molar-refractivity contribution in [3.05, 3.63) is 71.0 Å². The van der Waals surface area contributed by atoms with Gasteiger partial charge in [-0.1, -0.05) is 41.9 Å². The van der Waals surface area contributed by atoms with Crippen molar-refractivity contribution in [2.75, 3.05) is 73.6 Å². The molecular formula is C36H44Cl2N8O3. The fourth-order valence-corrected chi connectivity index (χ4v) is 7.74. The summed E-state index contributed by atoms with van der Waals surface area (Å²) >= 11 is 12.8. The van der Waals surface area contributed by atoms with Crippen LogP contribution in [-0.4, -0.2) is 96.8 Å². The highest BCUT2D eigenvalue weighted by Gasteiger charge is 2.34. The highest BCUT2D eigenvalue weighted by atomic mass is 35.5. The number of halogens is 2. The molecule has 3 aromatic rings. The summed E-state index contributed by atoms with van der Waals surface area (Å²) in [5.41, 5.74) is 3.21. The fourth-order valence-electron chi connectivity index (χ4n) is 7.34. The number of anilines is 5. The van der Waals surface area contributed by atoms with Crippen LogP contribution in [0.2, 0.25) is 10.0 Å². The molecule has 11 nitrogen and oxygen atoms in total. The zero-order chi connectivity index (χ0) is 33.9. The first-order chi connectivity index (χ1) is 23.9. The number of carbonyl (C=O) groups is 1. The molecule has 260 valence electrons. The monoisotopic (exact) mass is 706 g/mol. The van der Waals surface area contributed by atoms with Crippen molar-refractivity contribution >= 4 is 57.8 Å². The number of hydrogen-bond acceptors (Lipinski definition) is 10. The van der Waals surface area contributed by atoms with E-state index in [2.05, 4.69) is 41.9 Å². The lowest BCUT2D eigenvalue weighted by molar-refractivity contribution is -0.111. The number of aromatic nitrogens is 2. The second kappa shape index (κ2) is 15.1. The minimum Gasteiger partial charge on any atom is -0.494 e. The smallest absolute Gasteiger partial charge is 0.247 e. The van der Waals surface area contributed by atoms with Crippen molar-refractivity contribution in [3.8, 4) is 5.75 Å². The average Bonchev–Trinajstić information content (AvgIpc) is 3.88. The lowest BCUT2D eigenvalue weighted by Crippen LogP contribution is -2.53. The summed E-state index contributed by atoms with van der Waals surface area (Å²) in [5.74, 6) is 1.53. The highest BCUT2D eigenvalue weighted by molar-refractivity contribution is 6.42. The molecule has 3 saturated heterocycles. The topological polar surface area (TPSA) is 98.3 Å². The van der Waals surface area contributed by atoms with Gasteiger partial charge in [-0.2, -0.15) is 0 Å². The number of benzene rings is 2. The first kappa shape index (κ1) is 33.9. The second-order valence-corrected chi connectivity index (χ2v) is 14.0. The number of hydrogen-bond donors (Lipinski definition) is 2. The van der Waals surface area contributed by atoms with E-state index in [-0.39, 0.29) is 11.9 Å². The van der Waals surface area contributed by atoms with Crippen LogP contribution in [0.1, 0.15) is 37.7 Å². The largest absolute Gasteiger partial charge is 0.494 e. The van der Waals surface area contributed by atoms with Gasteiger partial charge in [0.25, 0.3) is 0 Å². The molecule has 1 amide bonds. The van der Waals surface area contributed by atoms with Crippen LogP contribution < -0.4 is 25.3 Å². The molecule has 4 heterocycles. The van der Waals surface area contributed by atoms with Gasteiger partial charge in [-0.05, 0) is 62.3 Å². The van der Waals surface area contributed by atoms with Crippen molar-refractivity contribution < 1.29 is 14.4 Å². The fraction of sp³-hybridized carbons (Fsp3) is 0.472. The summed E-state index contributed by atoms with van der Waals surface area (Å²) in [7, 11) is 1.65. The molecule has 0 unspecified atom stereocenters. The van der Waals surface area contributed by atoms with E-state index in [1.807, 2.05) is 35.4 Å². The van der Waals surface area contributed by atoms with Gasteiger partial charge in [-0.25, -0.2) is 15.0 Å². The molecule has 13 heteroatoms. The Morgan fingerprint density at radius 2 is 1.71 bits per heavy atom. The molecule has 7 rings (SSSR count). The van der Waals surface area contributed by atoms with Gasteiger partial charge in [0, 0.05) is 63.5 Å². The molecule has 4 fully saturated rings. The van der Waals surface area contributed by atoms with Crippen molar-refractivity contribution in [2.45, 2.75) is 56.7 Å². The highest BCUT2D eigenvalue weighted by Crippen LogP contribution is 2.40. The first-order valence-corrected chi connectivity index (χ1v) is 18.0. The quantitative estimate of drug-likeness (QED) is 0.226.